The van der Waals surface area contributed by atoms with Crippen LogP contribution in [0.2, 0.25) is 6.32 Å². The molecule has 1 saturated heterocycles. The van der Waals surface area contributed by atoms with Crippen molar-refractivity contribution in [2.45, 2.75) is 103 Å². The Morgan fingerprint density at radius 3 is 2.16 bits per heavy atom. The largest absolute Gasteiger partial charge is 0.457 e. The molecular formula is C30H43BN2O5. The maximum atomic E-state index is 13.3. The molecule has 8 heteroatoms. The van der Waals surface area contributed by atoms with E-state index in [1.807, 2.05) is 82.3 Å². The van der Waals surface area contributed by atoms with Gasteiger partial charge in [-0.05, 0) is 84.5 Å². The number of hydrogen-bond acceptors (Lipinski definition) is 5. The molecule has 0 saturated carbocycles. The van der Waals surface area contributed by atoms with Crippen molar-refractivity contribution >= 4 is 24.8 Å². The van der Waals surface area contributed by atoms with Gasteiger partial charge in [0.2, 0.25) is 5.91 Å². The normalized spacial score (nSPS) is 17.1. The van der Waals surface area contributed by atoms with E-state index in [-0.39, 0.29) is 24.2 Å². The van der Waals surface area contributed by atoms with Crippen molar-refractivity contribution in [2.24, 2.45) is 0 Å². The topological polar surface area (TPSA) is 85.9 Å². The first-order chi connectivity index (χ1) is 17.8. The molecule has 1 aliphatic rings. The number of benzene rings is 2. The van der Waals surface area contributed by atoms with Crippen LogP contribution < -0.4 is 10.6 Å². The Morgan fingerprint density at radius 2 is 1.53 bits per heavy atom. The molecule has 7 nitrogen and oxygen atoms in total. The van der Waals surface area contributed by atoms with Crippen LogP contribution in [0.15, 0.2) is 54.6 Å². The number of nitrogens with one attached hydrogen (secondary N) is 2. The molecule has 1 unspecified atom stereocenters. The summed E-state index contributed by atoms with van der Waals surface area (Å²) in [6, 6.07) is 16.9. The number of carbonyl (C=O) groups excluding carboxylic acids is 2. The van der Waals surface area contributed by atoms with Crippen molar-refractivity contribution in [3.63, 3.8) is 0 Å². The summed E-state index contributed by atoms with van der Waals surface area (Å²) < 4.78 is 17.6. The van der Waals surface area contributed by atoms with Crippen molar-refractivity contribution in [3.05, 3.63) is 54.6 Å². The summed E-state index contributed by atoms with van der Waals surface area (Å²) in [5.74, 6) is -0.271. The van der Waals surface area contributed by atoms with Crippen LogP contribution in [0.1, 0.15) is 74.1 Å². The Morgan fingerprint density at radius 1 is 0.895 bits per heavy atom. The summed E-state index contributed by atoms with van der Waals surface area (Å²) in [5.41, 5.74) is 1.41. The Balaban J connectivity index is 1.57. The van der Waals surface area contributed by atoms with E-state index < -0.39 is 17.7 Å². The Kier molecular flexibility index (Phi) is 9.66. The predicted octanol–water partition coefficient (Wildman–Crippen LogP) is 6.84. The fraction of sp³-hybridized carbons (Fsp3) is 0.533. The van der Waals surface area contributed by atoms with Crippen LogP contribution in [-0.2, 0) is 18.8 Å². The van der Waals surface area contributed by atoms with Crippen LogP contribution >= 0.6 is 0 Å². The van der Waals surface area contributed by atoms with E-state index in [0.29, 0.717) is 12.1 Å². The highest BCUT2D eigenvalue weighted by atomic mass is 16.7. The average molecular weight is 522 g/mol. The number of anilines is 1. The van der Waals surface area contributed by atoms with E-state index in [2.05, 4.69) is 10.6 Å². The minimum Gasteiger partial charge on any atom is -0.444 e. The molecule has 2 aromatic rings. The molecule has 0 radical (unpaired) electrons. The summed E-state index contributed by atoms with van der Waals surface area (Å²) in [7, 11) is -0.226. The Bertz CT molecular complexity index is 1070. The average Bonchev–Trinajstić information content (AvgIpc) is 3.03. The van der Waals surface area contributed by atoms with Gasteiger partial charge in [0.1, 0.15) is 11.6 Å². The van der Waals surface area contributed by atoms with Crippen LogP contribution in [0.25, 0.3) is 11.1 Å². The lowest BCUT2D eigenvalue weighted by Gasteiger charge is -2.32. The molecule has 1 atom stereocenters. The molecule has 206 valence electrons. The zero-order valence-corrected chi connectivity index (χ0v) is 23.9. The van der Waals surface area contributed by atoms with Gasteiger partial charge in [0, 0.05) is 5.69 Å². The lowest BCUT2D eigenvalue weighted by molar-refractivity contribution is -0.118. The van der Waals surface area contributed by atoms with E-state index in [4.69, 9.17) is 14.0 Å². The molecule has 0 spiro atoms. The smallest absolute Gasteiger partial charge is 0.444 e. The zero-order chi connectivity index (χ0) is 28.0. The summed E-state index contributed by atoms with van der Waals surface area (Å²) in [5, 5.41) is 5.75. The monoisotopic (exact) mass is 522 g/mol. The molecule has 2 amide bonds. The third-order valence-corrected chi connectivity index (χ3v) is 6.98. The fourth-order valence-electron chi connectivity index (χ4n) is 4.27. The second kappa shape index (κ2) is 12.3. The molecule has 1 fully saturated rings. The Hall–Kier alpha value is -2.84. The minimum atomic E-state index is -0.720. The third kappa shape index (κ3) is 8.60. The number of alkyl carbamates (subject to hydrolysis) is 1. The van der Waals surface area contributed by atoms with Crippen LogP contribution in [0.4, 0.5) is 10.5 Å². The molecule has 38 heavy (non-hydrogen) atoms. The fourth-order valence-corrected chi connectivity index (χ4v) is 4.27. The van der Waals surface area contributed by atoms with Crippen molar-refractivity contribution in [1.29, 1.82) is 0 Å². The van der Waals surface area contributed by atoms with Gasteiger partial charge in [-0.3, -0.25) is 4.79 Å². The zero-order valence-electron chi connectivity index (χ0n) is 23.9. The number of unbranched alkanes of at least 4 members (excludes halogenated alkanes) is 2. The van der Waals surface area contributed by atoms with Crippen LogP contribution in [0.3, 0.4) is 0 Å². The molecule has 0 aliphatic carbocycles. The van der Waals surface area contributed by atoms with Gasteiger partial charge in [-0.15, -0.1) is 0 Å². The first-order valence-electron chi connectivity index (χ1n) is 13.6. The number of ether oxygens (including phenoxy) is 1. The van der Waals surface area contributed by atoms with Gasteiger partial charge in [-0.1, -0.05) is 61.7 Å². The maximum Gasteiger partial charge on any atom is 0.457 e. The van der Waals surface area contributed by atoms with Gasteiger partial charge in [0.05, 0.1) is 11.2 Å². The lowest BCUT2D eigenvalue weighted by atomic mass is 9.82. The maximum absolute atomic E-state index is 13.3. The summed E-state index contributed by atoms with van der Waals surface area (Å²) in [4.78, 5) is 25.8. The second-order valence-electron chi connectivity index (χ2n) is 12.0. The van der Waals surface area contributed by atoms with Crippen LogP contribution in [0.5, 0.6) is 0 Å². The van der Waals surface area contributed by atoms with Gasteiger partial charge in [0.25, 0.3) is 0 Å². The van der Waals surface area contributed by atoms with E-state index in [1.165, 1.54) is 0 Å². The van der Waals surface area contributed by atoms with E-state index in [9.17, 15) is 9.59 Å². The highest BCUT2D eigenvalue weighted by molar-refractivity contribution is 6.45. The van der Waals surface area contributed by atoms with E-state index in [1.54, 1.807) is 20.8 Å². The molecular weight excluding hydrogens is 479 g/mol. The SMILES string of the molecule is CC(C)(C)OC(=O)NC(CCCCCB1OC(C)(C)C(C)(C)O1)C(=O)Nc1cccc(-c2ccccc2)c1. The molecule has 2 N–H and O–H groups in total. The number of carbonyl (C=O) groups is 2. The highest BCUT2D eigenvalue weighted by Gasteiger charge is 2.50. The highest BCUT2D eigenvalue weighted by Crippen LogP contribution is 2.38. The lowest BCUT2D eigenvalue weighted by Crippen LogP contribution is -2.45. The minimum absolute atomic E-state index is 0.226. The first-order valence-corrected chi connectivity index (χ1v) is 13.6. The van der Waals surface area contributed by atoms with Crippen molar-refractivity contribution in [3.8, 4) is 11.1 Å². The van der Waals surface area contributed by atoms with E-state index >= 15 is 0 Å². The molecule has 0 bridgehead atoms. The van der Waals surface area contributed by atoms with Gasteiger partial charge in [-0.25, -0.2) is 4.79 Å². The standard InChI is InChI=1S/C30H43BN2O5/c1-28(2,3)36-27(35)33-25(19-12-9-13-20-31-37-29(4,5)30(6,7)38-31)26(34)32-24-18-14-17-23(21-24)22-15-10-8-11-16-22/h8,10-11,14-18,21,25H,9,12-13,19-20H2,1-7H3,(H,32,34)(H,33,35). The van der Waals surface area contributed by atoms with Gasteiger partial charge in [-0.2, -0.15) is 0 Å². The third-order valence-electron chi connectivity index (χ3n) is 6.98. The number of hydrogen-bond donors (Lipinski definition) is 2. The van der Waals surface area contributed by atoms with Gasteiger partial charge >= 0.3 is 13.2 Å². The number of amides is 2. The summed E-state index contributed by atoms with van der Waals surface area (Å²) in [6.07, 6.45) is 3.22. The molecule has 1 aliphatic heterocycles. The second-order valence-corrected chi connectivity index (χ2v) is 12.0. The molecule has 3 rings (SSSR count). The van der Waals surface area contributed by atoms with Crippen LogP contribution in [0, 0.1) is 0 Å². The predicted molar refractivity (Wildman–Crippen MR) is 153 cm³/mol. The molecule has 2 aromatic carbocycles. The first kappa shape index (κ1) is 29.7. The van der Waals surface area contributed by atoms with Crippen molar-refractivity contribution in [1.82, 2.24) is 5.32 Å². The van der Waals surface area contributed by atoms with Gasteiger partial charge < -0.3 is 24.7 Å². The van der Waals surface area contributed by atoms with Gasteiger partial charge in [0.15, 0.2) is 0 Å². The summed E-state index contributed by atoms with van der Waals surface area (Å²) >= 11 is 0. The quantitative estimate of drug-likeness (QED) is 0.264. The van der Waals surface area contributed by atoms with Crippen molar-refractivity contribution < 1.29 is 23.6 Å². The molecule has 0 aromatic heterocycles. The van der Waals surface area contributed by atoms with Crippen molar-refractivity contribution in [2.75, 3.05) is 5.32 Å². The Labute approximate surface area is 228 Å². The van der Waals surface area contributed by atoms with Crippen LogP contribution in [-0.4, -0.2) is 42.0 Å². The van der Waals surface area contributed by atoms with E-state index in [0.717, 1.165) is 36.7 Å². The number of rotatable bonds is 10. The molecule has 1 heterocycles. The summed E-state index contributed by atoms with van der Waals surface area (Å²) in [6.45, 7) is 13.6.